The smallest absolute Gasteiger partial charge is 0.331 e. The van der Waals surface area contributed by atoms with Gasteiger partial charge in [-0.2, -0.15) is 0 Å². The van der Waals surface area contributed by atoms with Crippen molar-refractivity contribution in [2.75, 3.05) is 19.4 Å². The average Bonchev–Trinajstić information content (AvgIpc) is 2.67. The maximum atomic E-state index is 12.4. The van der Waals surface area contributed by atoms with E-state index in [9.17, 15) is 18.0 Å². The number of rotatable bonds is 7. The number of sulfonamides is 1. The van der Waals surface area contributed by atoms with Crippen LogP contribution in [0.25, 0.3) is 6.08 Å². The van der Waals surface area contributed by atoms with Crippen LogP contribution < -0.4 is 5.32 Å². The molecule has 0 aliphatic carbocycles. The highest BCUT2D eigenvalue weighted by molar-refractivity contribution is 9.10. The number of carbonyl (C=O) groups is 2. The van der Waals surface area contributed by atoms with E-state index in [1.807, 2.05) is 24.3 Å². The molecule has 0 heterocycles. The molecule has 0 fully saturated rings. The van der Waals surface area contributed by atoms with Crippen molar-refractivity contribution >= 4 is 49.6 Å². The van der Waals surface area contributed by atoms with Crippen LogP contribution in [0.4, 0.5) is 5.69 Å². The van der Waals surface area contributed by atoms with Gasteiger partial charge in [-0.1, -0.05) is 34.1 Å². The quantitative estimate of drug-likeness (QED) is 0.468. The number of ether oxygens (including phenoxy) is 1. The first kappa shape index (κ1) is 23.8. The number of anilines is 1. The minimum atomic E-state index is -3.64. The van der Waals surface area contributed by atoms with E-state index in [4.69, 9.17) is 4.74 Å². The third-order valence-corrected chi connectivity index (χ3v) is 6.47. The molecular formula is C21H23BrN2O5S. The van der Waals surface area contributed by atoms with Crippen LogP contribution in [0.5, 0.6) is 0 Å². The Hall–Kier alpha value is -2.49. The zero-order chi connectivity index (χ0) is 22.5. The number of nitrogens with zero attached hydrogens (tertiary/aromatic N) is 1. The predicted molar refractivity (Wildman–Crippen MR) is 119 cm³/mol. The van der Waals surface area contributed by atoms with Crippen molar-refractivity contribution in [3.05, 3.63) is 64.1 Å². The van der Waals surface area contributed by atoms with Gasteiger partial charge >= 0.3 is 5.97 Å². The van der Waals surface area contributed by atoms with E-state index >= 15 is 0 Å². The Bertz CT molecular complexity index is 1080. The largest absolute Gasteiger partial charge is 0.449 e. The molecule has 0 aliphatic rings. The summed E-state index contributed by atoms with van der Waals surface area (Å²) in [6.07, 6.45) is 1.75. The molecule has 2 aromatic rings. The summed E-state index contributed by atoms with van der Waals surface area (Å²) in [5, 5.41) is 2.62. The van der Waals surface area contributed by atoms with Gasteiger partial charge in [-0.05, 0) is 55.3 Å². The van der Waals surface area contributed by atoms with Crippen LogP contribution in [0.1, 0.15) is 18.1 Å². The first-order chi connectivity index (χ1) is 14.0. The van der Waals surface area contributed by atoms with Crippen LogP contribution in [0.15, 0.2) is 57.9 Å². The molecule has 0 radical (unpaired) electrons. The molecule has 0 saturated heterocycles. The minimum Gasteiger partial charge on any atom is -0.449 e. The number of hydrogen-bond donors (Lipinski definition) is 1. The van der Waals surface area contributed by atoms with Gasteiger partial charge in [0.1, 0.15) is 0 Å². The molecule has 0 aliphatic heterocycles. The van der Waals surface area contributed by atoms with E-state index in [0.717, 1.165) is 14.3 Å². The van der Waals surface area contributed by atoms with Gasteiger partial charge in [0.15, 0.2) is 6.10 Å². The first-order valence-electron chi connectivity index (χ1n) is 8.99. The van der Waals surface area contributed by atoms with E-state index in [1.54, 1.807) is 19.1 Å². The number of halogens is 1. The normalized spacial score (nSPS) is 12.7. The Morgan fingerprint density at radius 1 is 1.17 bits per heavy atom. The molecule has 1 atom stereocenters. The molecule has 2 rings (SSSR count). The summed E-state index contributed by atoms with van der Waals surface area (Å²) in [7, 11) is -0.789. The van der Waals surface area contributed by atoms with Crippen LogP contribution in [0.3, 0.4) is 0 Å². The molecule has 1 N–H and O–H groups in total. The highest BCUT2D eigenvalue weighted by atomic mass is 79.9. The van der Waals surface area contributed by atoms with Crippen molar-refractivity contribution in [1.29, 1.82) is 0 Å². The van der Waals surface area contributed by atoms with Gasteiger partial charge < -0.3 is 10.1 Å². The second kappa shape index (κ2) is 10.0. The number of hydrogen-bond acceptors (Lipinski definition) is 5. The minimum absolute atomic E-state index is 0.0509. The summed E-state index contributed by atoms with van der Waals surface area (Å²) in [5.74, 6) is -1.24. The maximum Gasteiger partial charge on any atom is 0.331 e. The SMILES string of the molecule is Cc1ccc(S(=O)(=O)N(C)C)cc1NC(=O)C(C)OC(=O)/C=C/c1cccc(Br)c1. The van der Waals surface area contributed by atoms with Crippen LogP contribution in [-0.2, 0) is 24.3 Å². The second-order valence-electron chi connectivity index (χ2n) is 6.72. The Morgan fingerprint density at radius 2 is 1.87 bits per heavy atom. The number of esters is 1. The van der Waals surface area contributed by atoms with E-state index in [2.05, 4.69) is 21.2 Å². The monoisotopic (exact) mass is 494 g/mol. The lowest BCUT2D eigenvalue weighted by Crippen LogP contribution is -2.30. The van der Waals surface area contributed by atoms with Crippen molar-refractivity contribution in [2.45, 2.75) is 24.8 Å². The van der Waals surface area contributed by atoms with E-state index in [0.29, 0.717) is 11.3 Å². The predicted octanol–water partition coefficient (Wildman–Crippen LogP) is 3.59. The van der Waals surface area contributed by atoms with Gasteiger partial charge in [-0.25, -0.2) is 17.5 Å². The number of carbonyl (C=O) groups excluding carboxylic acids is 2. The van der Waals surface area contributed by atoms with Crippen molar-refractivity contribution in [2.24, 2.45) is 0 Å². The Kier molecular flexibility index (Phi) is 7.94. The highest BCUT2D eigenvalue weighted by Crippen LogP contribution is 2.22. The number of amides is 1. The molecule has 2 aromatic carbocycles. The van der Waals surface area contributed by atoms with Gasteiger partial charge in [-0.15, -0.1) is 0 Å². The molecular weight excluding hydrogens is 472 g/mol. The van der Waals surface area contributed by atoms with Crippen molar-refractivity contribution in [3.63, 3.8) is 0 Å². The van der Waals surface area contributed by atoms with Crippen LogP contribution in [-0.4, -0.2) is 44.8 Å². The van der Waals surface area contributed by atoms with Crippen molar-refractivity contribution in [1.82, 2.24) is 4.31 Å². The molecule has 30 heavy (non-hydrogen) atoms. The summed E-state index contributed by atoms with van der Waals surface area (Å²) in [5.41, 5.74) is 1.80. The van der Waals surface area contributed by atoms with Crippen LogP contribution >= 0.6 is 15.9 Å². The lowest BCUT2D eigenvalue weighted by molar-refractivity contribution is -0.148. The summed E-state index contributed by atoms with van der Waals surface area (Å²) in [6, 6.07) is 11.8. The van der Waals surface area contributed by atoms with E-state index in [-0.39, 0.29) is 4.90 Å². The summed E-state index contributed by atoms with van der Waals surface area (Å²) < 4.78 is 31.7. The summed E-state index contributed by atoms with van der Waals surface area (Å²) in [6.45, 7) is 3.18. The van der Waals surface area contributed by atoms with Gasteiger partial charge in [0.2, 0.25) is 10.0 Å². The third kappa shape index (κ3) is 6.25. The molecule has 0 saturated carbocycles. The lowest BCUT2D eigenvalue weighted by atomic mass is 10.2. The van der Waals surface area contributed by atoms with Crippen molar-refractivity contribution in [3.8, 4) is 0 Å². The Balaban J connectivity index is 2.06. The standard InChI is InChI=1S/C21H23BrN2O5S/c1-14-8-10-18(30(27,28)24(3)4)13-19(14)23-21(26)15(2)29-20(25)11-9-16-6-5-7-17(22)12-16/h5-13,15H,1-4H3,(H,23,26)/b11-9+. The second-order valence-corrected chi connectivity index (χ2v) is 9.79. The number of nitrogens with one attached hydrogen (secondary N) is 1. The fourth-order valence-electron chi connectivity index (χ4n) is 2.38. The summed E-state index contributed by atoms with van der Waals surface area (Å²) in [4.78, 5) is 24.5. The van der Waals surface area contributed by atoms with E-state index in [1.165, 1.54) is 39.2 Å². The molecule has 7 nitrogen and oxygen atoms in total. The zero-order valence-corrected chi connectivity index (χ0v) is 19.5. The Morgan fingerprint density at radius 3 is 2.50 bits per heavy atom. The molecule has 9 heteroatoms. The third-order valence-electron chi connectivity index (χ3n) is 4.17. The fraction of sp³-hybridized carbons (Fsp3) is 0.238. The Labute approximate surface area is 184 Å². The first-order valence-corrected chi connectivity index (χ1v) is 11.2. The van der Waals surface area contributed by atoms with Gasteiger partial charge in [-0.3, -0.25) is 4.79 Å². The van der Waals surface area contributed by atoms with Crippen LogP contribution in [0.2, 0.25) is 0 Å². The molecule has 0 aromatic heterocycles. The van der Waals surface area contributed by atoms with Crippen LogP contribution in [0, 0.1) is 6.92 Å². The summed E-state index contributed by atoms with van der Waals surface area (Å²) >= 11 is 3.35. The molecule has 1 amide bonds. The van der Waals surface area contributed by atoms with Gasteiger partial charge in [0.05, 0.1) is 4.90 Å². The number of aryl methyl sites for hydroxylation is 1. The lowest BCUT2D eigenvalue weighted by Gasteiger charge is -2.16. The van der Waals surface area contributed by atoms with Gasteiger partial charge in [0.25, 0.3) is 5.91 Å². The number of benzene rings is 2. The highest BCUT2D eigenvalue weighted by Gasteiger charge is 2.21. The van der Waals surface area contributed by atoms with E-state index < -0.39 is 28.0 Å². The topological polar surface area (TPSA) is 92.8 Å². The molecule has 1 unspecified atom stereocenters. The molecule has 0 spiro atoms. The average molecular weight is 495 g/mol. The fourth-order valence-corrected chi connectivity index (χ4v) is 3.73. The zero-order valence-electron chi connectivity index (χ0n) is 17.0. The van der Waals surface area contributed by atoms with Crippen molar-refractivity contribution < 1.29 is 22.7 Å². The molecule has 160 valence electrons. The molecule has 0 bridgehead atoms. The maximum absolute atomic E-state index is 12.4. The van der Waals surface area contributed by atoms with Gasteiger partial charge in [0, 0.05) is 30.3 Å².